The van der Waals surface area contributed by atoms with E-state index in [1.807, 2.05) is 0 Å². The zero-order valence-corrected chi connectivity index (χ0v) is 43.5. The van der Waals surface area contributed by atoms with Crippen LogP contribution in [0.25, 0.3) is 66.4 Å². The molecule has 0 atom stereocenters. The number of anilines is 3. The summed E-state index contributed by atoms with van der Waals surface area (Å²) >= 11 is 0. The molecule has 0 spiro atoms. The summed E-state index contributed by atoms with van der Waals surface area (Å²) in [5.74, 6) is 0. The molecule has 79 heavy (non-hydrogen) atoms. The summed E-state index contributed by atoms with van der Waals surface area (Å²) in [6, 6.07) is 119. The Morgan fingerprint density at radius 3 is 1.24 bits per heavy atom. The molecule has 0 amide bonds. The first-order chi connectivity index (χ1) is 39.2. The molecule has 1 heteroatoms. The van der Waals surface area contributed by atoms with Crippen molar-refractivity contribution in [1.29, 1.82) is 0 Å². The molecule has 2 aliphatic rings. The lowest BCUT2D eigenvalue weighted by Gasteiger charge is -2.34. The van der Waals surface area contributed by atoms with Gasteiger partial charge >= 0.3 is 0 Å². The monoisotopic (exact) mass is 1000 g/mol. The summed E-state index contributed by atoms with van der Waals surface area (Å²) in [4.78, 5) is 2.48. The van der Waals surface area contributed by atoms with Crippen LogP contribution >= 0.6 is 0 Å². The molecule has 13 aromatic rings. The van der Waals surface area contributed by atoms with Crippen molar-refractivity contribution in [2.24, 2.45) is 0 Å². The molecule has 15 rings (SSSR count). The highest BCUT2D eigenvalue weighted by Gasteiger charge is 2.48. The van der Waals surface area contributed by atoms with E-state index in [0.29, 0.717) is 0 Å². The molecular weight excluding hydrogens is 951 g/mol. The van der Waals surface area contributed by atoms with Crippen LogP contribution in [0.2, 0.25) is 0 Å². The highest BCUT2D eigenvalue weighted by atomic mass is 15.1. The minimum atomic E-state index is -0.541. The zero-order chi connectivity index (χ0) is 52.3. The van der Waals surface area contributed by atoms with Gasteiger partial charge in [0.05, 0.1) is 16.5 Å². The minimum absolute atomic E-state index is 0.483. The smallest absolute Gasteiger partial charge is 0.0714 e. The molecule has 0 saturated carbocycles. The minimum Gasteiger partial charge on any atom is -0.310 e. The Morgan fingerprint density at radius 2 is 0.633 bits per heavy atom. The van der Waals surface area contributed by atoms with Crippen LogP contribution in [0.1, 0.15) is 44.5 Å². The molecule has 0 aromatic heterocycles. The first-order valence-corrected chi connectivity index (χ1v) is 27.5. The maximum absolute atomic E-state index is 2.48. The molecule has 2 aliphatic carbocycles. The molecule has 0 radical (unpaired) electrons. The number of benzene rings is 13. The van der Waals surface area contributed by atoms with E-state index in [9.17, 15) is 0 Å². The van der Waals surface area contributed by atoms with Gasteiger partial charge in [0.15, 0.2) is 0 Å². The summed E-state index contributed by atoms with van der Waals surface area (Å²) < 4.78 is 0. The van der Waals surface area contributed by atoms with Gasteiger partial charge in [-0.25, -0.2) is 0 Å². The van der Waals surface area contributed by atoms with Gasteiger partial charge in [0, 0.05) is 16.9 Å². The van der Waals surface area contributed by atoms with Gasteiger partial charge in [0.1, 0.15) is 0 Å². The third-order valence-electron chi connectivity index (χ3n) is 17.0. The van der Waals surface area contributed by atoms with Crippen LogP contribution in [0.5, 0.6) is 0 Å². The lowest BCUT2D eigenvalue weighted by molar-refractivity contribution is 0.768. The lowest BCUT2D eigenvalue weighted by atomic mass is 9.67. The number of fused-ring (bicyclic) bond motifs is 7. The number of hydrogen-bond donors (Lipinski definition) is 0. The molecule has 0 N–H and O–H groups in total. The molecule has 0 fully saturated rings. The summed E-state index contributed by atoms with van der Waals surface area (Å²) in [7, 11) is 0. The van der Waals surface area contributed by atoms with Crippen LogP contribution in [-0.2, 0) is 10.8 Å². The number of rotatable bonds is 10. The van der Waals surface area contributed by atoms with Crippen molar-refractivity contribution in [3.05, 3.63) is 366 Å². The van der Waals surface area contributed by atoms with E-state index in [1.54, 1.807) is 0 Å². The fraction of sp³-hybridized carbons (Fsp3) is 0.0256. The Hall–Kier alpha value is -10.1. The molecular formula is C78H53N. The van der Waals surface area contributed by atoms with E-state index in [0.717, 1.165) is 28.2 Å². The summed E-state index contributed by atoms with van der Waals surface area (Å²) in [5, 5.41) is 2.50. The van der Waals surface area contributed by atoms with E-state index in [2.05, 4.69) is 326 Å². The summed E-state index contributed by atoms with van der Waals surface area (Å²) in [5.41, 5.74) is 24.6. The van der Waals surface area contributed by atoms with Gasteiger partial charge in [-0.3, -0.25) is 0 Å². The SMILES string of the molecule is c1ccc(C2(c3ccccc3)c3ccccc3-c3ccc(-c4ccc(N(c5ccc(-c6cccc(-c7cccc8ccccc78)c6)cc5)c5cccc6c5-c5ccccc5C6(c5ccccc5)c5ccccc5)cc4)cc32)cc1. The van der Waals surface area contributed by atoms with Crippen LogP contribution in [0.3, 0.4) is 0 Å². The van der Waals surface area contributed by atoms with Crippen molar-refractivity contribution in [2.75, 3.05) is 4.90 Å². The van der Waals surface area contributed by atoms with E-state index >= 15 is 0 Å². The van der Waals surface area contributed by atoms with Crippen molar-refractivity contribution in [1.82, 2.24) is 0 Å². The lowest BCUT2D eigenvalue weighted by Crippen LogP contribution is -2.28. The predicted molar refractivity (Wildman–Crippen MR) is 330 cm³/mol. The fourth-order valence-electron chi connectivity index (χ4n) is 13.7. The van der Waals surface area contributed by atoms with Crippen molar-refractivity contribution in [2.45, 2.75) is 10.8 Å². The summed E-state index contributed by atoms with van der Waals surface area (Å²) in [6.07, 6.45) is 0. The number of nitrogens with zero attached hydrogens (tertiary/aromatic N) is 1. The standard InChI is InChI=1S/C78H53N/c1-5-26-60(27-6-1)77(61-28-7-2-8-29-61)72-39-18-16-36-70(72)76-73(77)40-21-41-75(76)79(64-47-42-54(43-48-64)57-24-19-25-59(52-57)67-37-20-23-56-22-13-14-34-66(56)67)65-49-44-55(45-50-65)58-46-51-69-68-35-15-17-38-71(68)78(74(69)53-58,62-30-9-3-10-31-62)63-32-11-4-12-33-63/h1-53H. The second-order valence-corrected chi connectivity index (χ2v) is 21.1. The van der Waals surface area contributed by atoms with Gasteiger partial charge in [-0.05, 0) is 148 Å². The molecule has 0 heterocycles. The van der Waals surface area contributed by atoms with Gasteiger partial charge in [0.2, 0.25) is 0 Å². The molecule has 1 nitrogen and oxygen atoms in total. The highest BCUT2D eigenvalue weighted by Crippen LogP contribution is 2.60. The predicted octanol–water partition coefficient (Wildman–Crippen LogP) is 20.0. The Labute approximate surface area is 462 Å². The molecule has 0 aliphatic heterocycles. The zero-order valence-electron chi connectivity index (χ0n) is 43.5. The van der Waals surface area contributed by atoms with Crippen LogP contribution in [0, 0.1) is 0 Å². The molecule has 0 bridgehead atoms. The first-order valence-electron chi connectivity index (χ1n) is 27.5. The summed E-state index contributed by atoms with van der Waals surface area (Å²) in [6.45, 7) is 0. The average molecular weight is 1000 g/mol. The Morgan fingerprint density at radius 1 is 0.228 bits per heavy atom. The fourth-order valence-corrected chi connectivity index (χ4v) is 13.7. The van der Waals surface area contributed by atoms with E-state index in [4.69, 9.17) is 0 Å². The largest absolute Gasteiger partial charge is 0.310 e. The first kappa shape index (κ1) is 46.2. The average Bonchev–Trinajstić information content (AvgIpc) is 3.01. The second-order valence-electron chi connectivity index (χ2n) is 21.1. The molecule has 0 saturated heterocycles. The van der Waals surface area contributed by atoms with Crippen LogP contribution in [0.15, 0.2) is 322 Å². The van der Waals surface area contributed by atoms with Gasteiger partial charge in [0.25, 0.3) is 0 Å². The molecule has 370 valence electrons. The van der Waals surface area contributed by atoms with Crippen molar-refractivity contribution < 1.29 is 0 Å². The van der Waals surface area contributed by atoms with E-state index in [1.165, 1.54) is 99.8 Å². The van der Waals surface area contributed by atoms with E-state index in [-0.39, 0.29) is 0 Å². The van der Waals surface area contributed by atoms with Crippen LogP contribution in [-0.4, -0.2) is 0 Å². The Kier molecular flexibility index (Phi) is 11.1. The van der Waals surface area contributed by atoms with Gasteiger partial charge in [-0.15, -0.1) is 0 Å². The van der Waals surface area contributed by atoms with Gasteiger partial charge in [-0.2, -0.15) is 0 Å². The molecule has 13 aromatic carbocycles. The van der Waals surface area contributed by atoms with Crippen molar-refractivity contribution >= 4 is 27.8 Å². The van der Waals surface area contributed by atoms with Gasteiger partial charge in [-0.1, -0.05) is 279 Å². The maximum Gasteiger partial charge on any atom is 0.0714 e. The normalized spacial score (nSPS) is 13.3. The number of hydrogen-bond acceptors (Lipinski definition) is 1. The van der Waals surface area contributed by atoms with Crippen LogP contribution < -0.4 is 4.90 Å². The maximum atomic E-state index is 2.48. The Balaban J connectivity index is 0.895. The van der Waals surface area contributed by atoms with Crippen molar-refractivity contribution in [3.8, 4) is 55.6 Å². The van der Waals surface area contributed by atoms with Crippen LogP contribution in [0.4, 0.5) is 17.1 Å². The van der Waals surface area contributed by atoms with E-state index < -0.39 is 10.8 Å². The topological polar surface area (TPSA) is 3.24 Å². The quantitative estimate of drug-likeness (QED) is 0.132. The third-order valence-corrected chi connectivity index (χ3v) is 17.0. The second kappa shape index (κ2) is 18.9. The highest BCUT2D eigenvalue weighted by molar-refractivity contribution is 5.99. The van der Waals surface area contributed by atoms with Crippen molar-refractivity contribution in [3.63, 3.8) is 0 Å². The van der Waals surface area contributed by atoms with Gasteiger partial charge < -0.3 is 4.90 Å². The Bertz CT molecular complexity index is 4310. The molecule has 0 unspecified atom stereocenters. The third kappa shape index (κ3) is 7.24.